The summed E-state index contributed by atoms with van der Waals surface area (Å²) in [6.07, 6.45) is 11.1. The average molecular weight is 278 g/mol. The van der Waals surface area contributed by atoms with Gasteiger partial charge in [-0.25, -0.2) is 0 Å². The summed E-state index contributed by atoms with van der Waals surface area (Å²) in [7, 11) is 4.26. The molecule has 2 rings (SSSR count). The van der Waals surface area contributed by atoms with Gasteiger partial charge in [0.2, 0.25) is 5.91 Å². The zero-order valence-corrected chi connectivity index (χ0v) is 12.6. The van der Waals surface area contributed by atoms with Crippen LogP contribution in [0.4, 0.5) is 0 Å². The molecule has 1 heterocycles. The third-order valence-electron chi connectivity index (χ3n) is 4.54. The molecular weight excluding hydrogens is 252 g/mol. The minimum absolute atomic E-state index is 0.137. The van der Waals surface area contributed by atoms with Crippen molar-refractivity contribution in [3.63, 3.8) is 0 Å². The molecule has 0 spiro atoms. The van der Waals surface area contributed by atoms with E-state index in [1.807, 2.05) is 6.20 Å². The van der Waals surface area contributed by atoms with Crippen LogP contribution in [0.1, 0.15) is 44.1 Å². The standard InChI is InChI=1S/C15H26N4O/c1-19(2)15(8-4-3-5-9-15)12-16-14(20)7-6-13-10-17-18-11-13/h10-11H,3-9,12H2,1-2H3,(H,16,20)(H,17,18). The number of carbonyl (C=O) groups is 1. The quantitative estimate of drug-likeness (QED) is 0.833. The van der Waals surface area contributed by atoms with Gasteiger partial charge in [-0.15, -0.1) is 0 Å². The number of aromatic nitrogens is 2. The molecule has 0 atom stereocenters. The highest BCUT2D eigenvalue weighted by atomic mass is 16.1. The van der Waals surface area contributed by atoms with Crippen molar-refractivity contribution in [2.24, 2.45) is 0 Å². The summed E-state index contributed by atoms with van der Waals surface area (Å²) in [6.45, 7) is 0.768. The zero-order valence-electron chi connectivity index (χ0n) is 12.6. The van der Waals surface area contributed by atoms with Crippen LogP contribution in [0.2, 0.25) is 0 Å². The molecule has 20 heavy (non-hydrogen) atoms. The Kier molecular flexibility index (Phi) is 5.17. The molecule has 2 N–H and O–H groups in total. The van der Waals surface area contributed by atoms with Crippen LogP contribution in [0, 0.1) is 0 Å². The lowest BCUT2D eigenvalue weighted by Crippen LogP contribution is -2.53. The molecule has 0 saturated heterocycles. The van der Waals surface area contributed by atoms with Crippen molar-refractivity contribution in [3.05, 3.63) is 18.0 Å². The molecule has 0 bridgehead atoms. The number of aryl methyl sites for hydroxylation is 1. The van der Waals surface area contributed by atoms with Crippen molar-refractivity contribution in [3.8, 4) is 0 Å². The Morgan fingerprint density at radius 1 is 1.40 bits per heavy atom. The lowest BCUT2D eigenvalue weighted by atomic mass is 9.80. The van der Waals surface area contributed by atoms with Crippen LogP contribution in [-0.4, -0.2) is 47.2 Å². The van der Waals surface area contributed by atoms with E-state index in [0.29, 0.717) is 6.42 Å². The van der Waals surface area contributed by atoms with Crippen molar-refractivity contribution in [1.82, 2.24) is 20.4 Å². The fraction of sp³-hybridized carbons (Fsp3) is 0.733. The summed E-state index contributed by atoms with van der Waals surface area (Å²) in [5.41, 5.74) is 1.24. The van der Waals surface area contributed by atoms with Gasteiger partial charge in [-0.1, -0.05) is 19.3 Å². The smallest absolute Gasteiger partial charge is 0.220 e. The van der Waals surface area contributed by atoms with Crippen LogP contribution < -0.4 is 5.32 Å². The number of hydrogen-bond acceptors (Lipinski definition) is 3. The summed E-state index contributed by atoms with van der Waals surface area (Å²) in [4.78, 5) is 14.3. The lowest BCUT2D eigenvalue weighted by molar-refractivity contribution is -0.121. The average Bonchev–Trinajstić information content (AvgIpc) is 2.97. The summed E-state index contributed by atoms with van der Waals surface area (Å²) in [5, 5.41) is 9.79. The van der Waals surface area contributed by atoms with Crippen molar-refractivity contribution in [2.45, 2.75) is 50.5 Å². The van der Waals surface area contributed by atoms with E-state index in [2.05, 4.69) is 34.5 Å². The third kappa shape index (κ3) is 3.82. The molecule has 0 aliphatic heterocycles. The van der Waals surface area contributed by atoms with Gasteiger partial charge < -0.3 is 10.2 Å². The minimum Gasteiger partial charge on any atom is -0.354 e. The number of amides is 1. The second-order valence-electron chi connectivity index (χ2n) is 6.06. The second-order valence-corrected chi connectivity index (χ2v) is 6.06. The van der Waals surface area contributed by atoms with Gasteiger partial charge in [0.25, 0.3) is 0 Å². The Morgan fingerprint density at radius 3 is 2.75 bits per heavy atom. The predicted molar refractivity (Wildman–Crippen MR) is 79.4 cm³/mol. The van der Waals surface area contributed by atoms with E-state index in [0.717, 1.165) is 18.5 Å². The summed E-state index contributed by atoms with van der Waals surface area (Å²) >= 11 is 0. The predicted octanol–water partition coefficient (Wildman–Crippen LogP) is 1.72. The molecule has 112 valence electrons. The summed E-state index contributed by atoms with van der Waals surface area (Å²) in [5.74, 6) is 0.137. The maximum atomic E-state index is 12.0. The molecule has 1 amide bonds. The van der Waals surface area contributed by atoms with Gasteiger partial charge in [0, 0.05) is 24.7 Å². The molecule has 1 fully saturated rings. The molecule has 1 saturated carbocycles. The first kappa shape index (κ1) is 15.0. The van der Waals surface area contributed by atoms with Gasteiger partial charge >= 0.3 is 0 Å². The van der Waals surface area contributed by atoms with Crippen LogP contribution in [-0.2, 0) is 11.2 Å². The van der Waals surface area contributed by atoms with E-state index in [1.54, 1.807) is 6.20 Å². The zero-order chi connectivity index (χ0) is 14.4. The van der Waals surface area contributed by atoms with Crippen molar-refractivity contribution in [1.29, 1.82) is 0 Å². The fourth-order valence-electron chi connectivity index (χ4n) is 3.02. The molecule has 0 radical (unpaired) electrons. The Balaban J connectivity index is 1.78. The number of rotatable bonds is 6. The largest absolute Gasteiger partial charge is 0.354 e. The van der Waals surface area contributed by atoms with E-state index in [1.165, 1.54) is 32.1 Å². The van der Waals surface area contributed by atoms with Crippen molar-refractivity contribution in [2.75, 3.05) is 20.6 Å². The van der Waals surface area contributed by atoms with E-state index in [-0.39, 0.29) is 11.4 Å². The van der Waals surface area contributed by atoms with Gasteiger partial charge in [0.05, 0.1) is 6.20 Å². The molecule has 0 unspecified atom stereocenters. The highest BCUT2D eigenvalue weighted by molar-refractivity contribution is 5.76. The van der Waals surface area contributed by atoms with Gasteiger partial charge in [0.1, 0.15) is 0 Å². The molecule has 1 aromatic heterocycles. The van der Waals surface area contributed by atoms with Crippen LogP contribution in [0.5, 0.6) is 0 Å². The Morgan fingerprint density at radius 2 is 2.15 bits per heavy atom. The van der Waals surface area contributed by atoms with Crippen LogP contribution in [0.15, 0.2) is 12.4 Å². The number of H-pyrrole nitrogens is 1. The van der Waals surface area contributed by atoms with Crippen LogP contribution >= 0.6 is 0 Å². The number of hydrogen-bond donors (Lipinski definition) is 2. The van der Waals surface area contributed by atoms with Crippen molar-refractivity contribution < 1.29 is 4.79 Å². The van der Waals surface area contributed by atoms with E-state index >= 15 is 0 Å². The Bertz CT molecular complexity index is 408. The number of carbonyl (C=O) groups excluding carboxylic acids is 1. The third-order valence-corrected chi connectivity index (χ3v) is 4.54. The first-order chi connectivity index (χ1) is 9.62. The molecule has 1 aromatic rings. The number of likely N-dealkylation sites (N-methyl/N-ethyl adjacent to an activating group) is 1. The lowest BCUT2D eigenvalue weighted by Gasteiger charge is -2.43. The Labute approximate surface area is 121 Å². The molecular formula is C15H26N4O. The van der Waals surface area contributed by atoms with Crippen molar-refractivity contribution >= 4 is 5.91 Å². The number of nitrogens with zero attached hydrogens (tertiary/aromatic N) is 2. The maximum Gasteiger partial charge on any atom is 0.220 e. The molecule has 1 aliphatic carbocycles. The van der Waals surface area contributed by atoms with Gasteiger partial charge in [0.15, 0.2) is 0 Å². The normalized spacial score (nSPS) is 18.1. The maximum absolute atomic E-state index is 12.0. The minimum atomic E-state index is 0.137. The van der Waals surface area contributed by atoms with Gasteiger partial charge in [-0.05, 0) is 38.9 Å². The van der Waals surface area contributed by atoms with E-state index < -0.39 is 0 Å². The monoisotopic (exact) mass is 278 g/mol. The summed E-state index contributed by atoms with van der Waals surface area (Å²) < 4.78 is 0. The number of nitrogens with one attached hydrogen (secondary N) is 2. The second kappa shape index (κ2) is 6.88. The highest BCUT2D eigenvalue weighted by Gasteiger charge is 2.34. The van der Waals surface area contributed by atoms with Gasteiger partial charge in [-0.3, -0.25) is 9.89 Å². The van der Waals surface area contributed by atoms with Crippen LogP contribution in [0.25, 0.3) is 0 Å². The van der Waals surface area contributed by atoms with Gasteiger partial charge in [-0.2, -0.15) is 5.10 Å². The van der Waals surface area contributed by atoms with E-state index in [9.17, 15) is 4.79 Å². The molecule has 1 aliphatic rings. The molecule has 5 heteroatoms. The topological polar surface area (TPSA) is 61.0 Å². The van der Waals surface area contributed by atoms with Crippen LogP contribution in [0.3, 0.4) is 0 Å². The first-order valence-corrected chi connectivity index (χ1v) is 7.54. The van der Waals surface area contributed by atoms with E-state index in [4.69, 9.17) is 0 Å². The fourth-order valence-corrected chi connectivity index (χ4v) is 3.02. The highest BCUT2D eigenvalue weighted by Crippen LogP contribution is 2.31. The molecule has 5 nitrogen and oxygen atoms in total. The first-order valence-electron chi connectivity index (χ1n) is 7.54. The molecule has 0 aromatic carbocycles. The summed E-state index contributed by atoms with van der Waals surface area (Å²) in [6, 6.07) is 0. The SMILES string of the molecule is CN(C)C1(CNC(=O)CCc2cn[nH]c2)CCCCC1. The number of aromatic amines is 1. The Hall–Kier alpha value is -1.36.